The molecule has 0 unspecified atom stereocenters. The summed E-state index contributed by atoms with van der Waals surface area (Å²) in [6.45, 7) is -0.393. The molecule has 0 aliphatic carbocycles. The summed E-state index contributed by atoms with van der Waals surface area (Å²) >= 11 is 0. The van der Waals surface area contributed by atoms with E-state index in [9.17, 15) is 5.11 Å². The smallest absolute Gasteiger partial charge is 0.103 e. The number of rotatable bonds is 5. The lowest BCUT2D eigenvalue weighted by Gasteiger charge is -2.14. The van der Waals surface area contributed by atoms with Gasteiger partial charge in [0.2, 0.25) is 0 Å². The third-order valence-electron chi connectivity index (χ3n) is 2.20. The number of hydrogen-bond acceptors (Lipinski definition) is 3. The van der Waals surface area contributed by atoms with Gasteiger partial charge in [-0.1, -0.05) is 30.3 Å². The minimum atomic E-state index is -1.03. The van der Waals surface area contributed by atoms with Gasteiger partial charge < -0.3 is 15.3 Å². The maximum absolute atomic E-state index is 9.37. The first-order valence-corrected chi connectivity index (χ1v) is 4.75. The van der Waals surface area contributed by atoms with Crippen LogP contribution in [-0.2, 0) is 6.42 Å². The number of aliphatic hydroxyl groups is 3. The Hall–Kier alpha value is -0.900. The van der Waals surface area contributed by atoms with Gasteiger partial charge in [0.1, 0.15) is 6.10 Å². The Morgan fingerprint density at radius 3 is 2.21 bits per heavy atom. The molecule has 0 fully saturated rings. The fourth-order valence-corrected chi connectivity index (χ4v) is 1.27. The first kappa shape index (κ1) is 11.2. The van der Waals surface area contributed by atoms with Gasteiger partial charge in [-0.3, -0.25) is 0 Å². The number of aryl methyl sites for hydroxylation is 1. The molecule has 0 bridgehead atoms. The molecular weight excluding hydrogens is 180 g/mol. The Labute approximate surface area is 83.6 Å². The quantitative estimate of drug-likeness (QED) is 0.636. The van der Waals surface area contributed by atoms with Crippen molar-refractivity contribution in [2.75, 3.05) is 6.61 Å². The van der Waals surface area contributed by atoms with Crippen molar-refractivity contribution in [3.05, 3.63) is 35.9 Å². The van der Waals surface area contributed by atoms with Crippen LogP contribution in [0, 0.1) is 0 Å². The zero-order valence-electron chi connectivity index (χ0n) is 8.00. The second-order valence-corrected chi connectivity index (χ2v) is 3.34. The molecule has 0 saturated heterocycles. The van der Waals surface area contributed by atoms with Crippen LogP contribution in [0.4, 0.5) is 0 Å². The fourth-order valence-electron chi connectivity index (χ4n) is 1.27. The van der Waals surface area contributed by atoms with Crippen molar-refractivity contribution >= 4 is 0 Å². The highest BCUT2D eigenvalue weighted by Gasteiger charge is 2.14. The van der Waals surface area contributed by atoms with Crippen LogP contribution in [0.5, 0.6) is 0 Å². The Morgan fingerprint density at radius 2 is 1.64 bits per heavy atom. The standard InChI is InChI=1S/C11H16O3/c12-8-11(14)10(13)7-6-9-4-2-1-3-5-9/h1-5,10-14H,6-8H2/t10-,11+/m0/s1. The van der Waals surface area contributed by atoms with Crippen molar-refractivity contribution in [3.63, 3.8) is 0 Å². The van der Waals surface area contributed by atoms with Gasteiger partial charge in [-0.25, -0.2) is 0 Å². The lowest BCUT2D eigenvalue weighted by Crippen LogP contribution is -2.29. The number of benzene rings is 1. The van der Waals surface area contributed by atoms with Gasteiger partial charge in [-0.2, -0.15) is 0 Å². The molecule has 0 aliphatic heterocycles. The van der Waals surface area contributed by atoms with Gasteiger partial charge in [0, 0.05) is 0 Å². The second-order valence-electron chi connectivity index (χ2n) is 3.34. The zero-order chi connectivity index (χ0) is 10.4. The molecule has 1 rings (SSSR count). The first-order valence-electron chi connectivity index (χ1n) is 4.75. The molecule has 0 aliphatic rings. The SMILES string of the molecule is OC[C@@H](O)[C@@H](O)CCc1ccccc1. The van der Waals surface area contributed by atoms with Gasteiger partial charge in [0.15, 0.2) is 0 Å². The molecule has 0 radical (unpaired) electrons. The number of hydrogen-bond donors (Lipinski definition) is 3. The summed E-state index contributed by atoms with van der Waals surface area (Å²) in [5.41, 5.74) is 1.12. The highest BCUT2D eigenvalue weighted by molar-refractivity contribution is 5.14. The van der Waals surface area contributed by atoms with Crippen LogP contribution in [0.15, 0.2) is 30.3 Å². The molecule has 3 nitrogen and oxygen atoms in total. The average Bonchev–Trinajstić information content (AvgIpc) is 2.26. The van der Waals surface area contributed by atoms with Crippen molar-refractivity contribution in [2.24, 2.45) is 0 Å². The third kappa shape index (κ3) is 3.46. The Balaban J connectivity index is 2.34. The average molecular weight is 196 g/mol. The van der Waals surface area contributed by atoms with Crippen molar-refractivity contribution in [2.45, 2.75) is 25.0 Å². The van der Waals surface area contributed by atoms with E-state index in [2.05, 4.69) is 0 Å². The molecule has 0 spiro atoms. The second kappa shape index (κ2) is 5.75. The van der Waals surface area contributed by atoms with Crippen molar-refractivity contribution in [1.82, 2.24) is 0 Å². The van der Waals surface area contributed by atoms with Crippen LogP contribution in [0.25, 0.3) is 0 Å². The Kier molecular flexibility index (Phi) is 4.59. The predicted molar refractivity (Wildman–Crippen MR) is 53.9 cm³/mol. The van der Waals surface area contributed by atoms with Crippen molar-refractivity contribution in [3.8, 4) is 0 Å². The molecule has 14 heavy (non-hydrogen) atoms. The maximum Gasteiger partial charge on any atom is 0.103 e. The van der Waals surface area contributed by atoms with Crippen LogP contribution in [0.2, 0.25) is 0 Å². The molecule has 1 aromatic carbocycles. The molecule has 78 valence electrons. The summed E-state index contributed by atoms with van der Waals surface area (Å²) in [7, 11) is 0. The molecule has 0 saturated carbocycles. The van der Waals surface area contributed by atoms with Crippen LogP contribution in [-0.4, -0.2) is 34.1 Å². The Bertz CT molecular complexity index is 248. The van der Waals surface area contributed by atoms with Gasteiger partial charge >= 0.3 is 0 Å². The molecule has 1 aromatic rings. The third-order valence-corrected chi connectivity index (χ3v) is 2.20. The monoisotopic (exact) mass is 196 g/mol. The molecular formula is C11H16O3. The summed E-state index contributed by atoms with van der Waals surface area (Å²) in [4.78, 5) is 0. The van der Waals surface area contributed by atoms with E-state index in [0.29, 0.717) is 12.8 Å². The molecule has 0 amide bonds. The van der Waals surface area contributed by atoms with E-state index >= 15 is 0 Å². The summed E-state index contributed by atoms with van der Waals surface area (Å²) in [6.07, 6.45) is -0.705. The zero-order valence-corrected chi connectivity index (χ0v) is 8.00. The maximum atomic E-state index is 9.37. The van der Waals surface area contributed by atoms with Gasteiger partial charge in [-0.05, 0) is 18.4 Å². The minimum Gasteiger partial charge on any atom is -0.394 e. The number of aliphatic hydroxyl groups excluding tert-OH is 3. The summed E-state index contributed by atoms with van der Waals surface area (Å²) < 4.78 is 0. The van der Waals surface area contributed by atoms with Crippen molar-refractivity contribution < 1.29 is 15.3 Å². The largest absolute Gasteiger partial charge is 0.394 e. The van der Waals surface area contributed by atoms with Crippen LogP contribution in [0.1, 0.15) is 12.0 Å². The highest BCUT2D eigenvalue weighted by atomic mass is 16.4. The van der Waals surface area contributed by atoms with Crippen LogP contribution in [0.3, 0.4) is 0 Å². The van der Waals surface area contributed by atoms with Gasteiger partial charge in [0.05, 0.1) is 12.7 Å². The molecule has 0 heterocycles. The van der Waals surface area contributed by atoms with E-state index in [0.717, 1.165) is 5.56 Å². The molecule has 0 aromatic heterocycles. The van der Waals surface area contributed by atoms with Crippen LogP contribution < -0.4 is 0 Å². The minimum absolute atomic E-state index is 0.393. The molecule has 3 N–H and O–H groups in total. The topological polar surface area (TPSA) is 60.7 Å². The van der Waals surface area contributed by atoms with E-state index < -0.39 is 18.8 Å². The summed E-state index contributed by atoms with van der Waals surface area (Å²) in [5.74, 6) is 0. The van der Waals surface area contributed by atoms with Crippen LogP contribution >= 0.6 is 0 Å². The summed E-state index contributed by atoms with van der Waals surface area (Å²) in [5, 5.41) is 27.1. The highest BCUT2D eigenvalue weighted by Crippen LogP contribution is 2.07. The van der Waals surface area contributed by atoms with E-state index in [4.69, 9.17) is 10.2 Å². The lowest BCUT2D eigenvalue weighted by molar-refractivity contribution is -0.0172. The Morgan fingerprint density at radius 1 is 1.00 bits per heavy atom. The molecule has 2 atom stereocenters. The lowest BCUT2D eigenvalue weighted by atomic mass is 10.0. The molecule has 3 heteroatoms. The van der Waals surface area contributed by atoms with E-state index in [-0.39, 0.29) is 0 Å². The van der Waals surface area contributed by atoms with E-state index in [1.807, 2.05) is 30.3 Å². The first-order chi connectivity index (χ1) is 6.74. The summed E-state index contributed by atoms with van der Waals surface area (Å²) in [6, 6.07) is 9.74. The van der Waals surface area contributed by atoms with Gasteiger partial charge in [0.25, 0.3) is 0 Å². The normalized spacial score (nSPS) is 15.1. The predicted octanol–water partition coefficient (Wildman–Crippen LogP) is 0.333. The van der Waals surface area contributed by atoms with E-state index in [1.54, 1.807) is 0 Å². The fraction of sp³-hybridized carbons (Fsp3) is 0.455. The van der Waals surface area contributed by atoms with Crippen molar-refractivity contribution in [1.29, 1.82) is 0 Å². The van der Waals surface area contributed by atoms with Gasteiger partial charge in [-0.15, -0.1) is 0 Å². The van der Waals surface area contributed by atoms with E-state index in [1.165, 1.54) is 0 Å².